The van der Waals surface area contributed by atoms with Gasteiger partial charge < -0.3 is 25.7 Å². The van der Waals surface area contributed by atoms with Gasteiger partial charge in [-0.3, -0.25) is 9.59 Å². The number of carboxylic acid groups (broad SMARTS) is 2. The van der Waals surface area contributed by atoms with Crippen molar-refractivity contribution in [3.8, 4) is 0 Å². The molecule has 0 bridgehead atoms. The predicted molar refractivity (Wildman–Crippen MR) is 46.9 cm³/mol. The lowest BCUT2D eigenvalue weighted by Gasteiger charge is -1.94. The Kier molecular flexibility index (Phi) is 12.9. The molecule has 0 aliphatic heterocycles. The molecule has 0 saturated heterocycles. The van der Waals surface area contributed by atoms with Crippen molar-refractivity contribution in [2.24, 2.45) is 0 Å². The molecule has 14 heavy (non-hydrogen) atoms. The molecule has 0 saturated carbocycles. The van der Waals surface area contributed by atoms with E-state index in [0.717, 1.165) is 0 Å². The Morgan fingerprint density at radius 2 is 1.29 bits per heavy atom. The Morgan fingerprint density at radius 1 is 0.929 bits per heavy atom. The quantitative estimate of drug-likeness (QED) is 0.255. The minimum atomic E-state index is -1.31. The fourth-order valence-corrected chi connectivity index (χ4v) is 0.412. The van der Waals surface area contributed by atoms with Crippen molar-refractivity contribution in [2.75, 3.05) is 26.3 Å². The van der Waals surface area contributed by atoms with Gasteiger partial charge in [-0.05, 0) is 0 Å². The first-order valence-electron chi connectivity index (χ1n) is 3.90. The van der Waals surface area contributed by atoms with Crippen molar-refractivity contribution < 1.29 is 30.0 Å². The van der Waals surface area contributed by atoms with E-state index in [1.165, 1.54) is 0 Å². The van der Waals surface area contributed by atoms with Crippen LogP contribution in [0.1, 0.15) is 6.42 Å². The van der Waals surface area contributed by atoms with Crippen LogP contribution >= 0.6 is 0 Å². The topological polar surface area (TPSA) is 127 Å². The molecule has 0 heterocycles. The maximum absolute atomic E-state index is 9.43. The highest BCUT2D eigenvalue weighted by Gasteiger charge is 2.01. The third-order valence-electron chi connectivity index (χ3n) is 0.880. The summed E-state index contributed by atoms with van der Waals surface area (Å²) in [6, 6.07) is 0. The Morgan fingerprint density at radius 3 is 1.43 bits per heavy atom. The highest BCUT2D eigenvalue weighted by Crippen LogP contribution is 1.74. The van der Waals surface area contributed by atoms with Crippen LogP contribution in [0.3, 0.4) is 0 Å². The Bertz CT molecular complexity index is 144. The SMILES string of the molecule is O=C(O)CC(=O)O.OCCNCCO. The maximum Gasteiger partial charge on any atom is 0.314 e. The van der Waals surface area contributed by atoms with E-state index in [1.807, 2.05) is 0 Å². The van der Waals surface area contributed by atoms with Crippen molar-refractivity contribution in [3.05, 3.63) is 0 Å². The molecule has 0 rings (SSSR count). The Hall–Kier alpha value is -1.18. The second kappa shape index (κ2) is 11.8. The fraction of sp³-hybridized carbons (Fsp3) is 0.714. The van der Waals surface area contributed by atoms with Gasteiger partial charge in [-0.2, -0.15) is 0 Å². The number of aliphatic carboxylic acids is 2. The van der Waals surface area contributed by atoms with Crippen LogP contribution in [0.2, 0.25) is 0 Å². The van der Waals surface area contributed by atoms with Crippen LogP contribution < -0.4 is 5.32 Å². The lowest BCUT2D eigenvalue weighted by atomic mass is 10.5. The molecular weight excluding hydrogens is 194 g/mol. The maximum atomic E-state index is 9.43. The third-order valence-corrected chi connectivity index (χ3v) is 0.880. The summed E-state index contributed by atoms with van der Waals surface area (Å²) in [6.07, 6.45) is -0.806. The molecule has 5 N–H and O–H groups in total. The smallest absolute Gasteiger partial charge is 0.314 e. The van der Waals surface area contributed by atoms with Gasteiger partial charge in [0.25, 0.3) is 0 Å². The summed E-state index contributed by atoms with van der Waals surface area (Å²) in [7, 11) is 0. The zero-order valence-corrected chi connectivity index (χ0v) is 7.64. The van der Waals surface area contributed by atoms with Crippen molar-refractivity contribution in [1.29, 1.82) is 0 Å². The van der Waals surface area contributed by atoms with Crippen LogP contribution in [-0.2, 0) is 9.59 Å². The van der Waals surface area contributed by atoms with Crippen LogP contribution in [0.4, 0.5) is 0 Å². The average molecular weight is 209 g/mol. The molecule has 0 radical (unpaired) electrons. The van der Waals surface area contributed by atoms with E-state index in [2.05, 4.69) is 5.32 Å². The summed E-state index contributed by atoms with van der Waals surface area (Å²) in [6.45, 7) is 1.42. The number of hydrogen-bond donors (Lipinski definition) is 5. The zero-order valence-electron chi connectivity index (χ0n) is 7.64. The molecule has 84 valence electrons. The Labute approximate surface area is 81.0 Å². The monoisotopic (exact) mass is 209 g/mol. The number of carbonyl (C=O) groups is 2. The Balaban J connectivity index is 0. The van der Waals surface area contributed by atoms with E-state index in [9.17, 15) is 9.59 Å². The molecule has 0 spiro atoms. The molecule has 0 aliphatic carbocycles. The number of carboxylic acids is 2. The molecule has 0 aliphatic rings. The van der Waals surface area contributed by atoms with Crippen molar-refractivity contribution >= 4 is 11.9 Å². The fourth-order valence-electron chi connectivity index (χ4n) is 0.412. The predicted octanol–water partition coefficient (Wildman–Crippen LogP) is -1.89. The number of rotatable bonds is 6. The minimum Gasteiger partial charge on any atom is -0.481 e. The van der Waals surface area contributed by atoms with Gasteiger partial charge in [0.2, 0.25) is 0 Å². The highest BCUT2D eigenvalue weighted by molar-refractivity contribution is 5.88. The van der Waals surface area contributed by atoms with Gasteiger partial charge in [0, 0.05) is 13.1 Å². The van der Waals surface area contributed by atoms with E-state index >= 15 is 0 Å². The molecule has 0 unspecified atom stereocenters. The largest absolute Gasteiger partial charge is 0.481 e. The van der Waals surface area contributed by atoms with Crippen LogP contribution in [0, 0.1) is 0 Å². The number of aliphatic hydroxyl groups excluding tert-OH is 2. The van der Waals surface area contributed by atoms with Crippen molar-refractivity contribution in [2.45, 2.75) is 6.42 Å². The average Bonchev–Trinajstić information content (AvgIpc) is 2.04. The summed E-state index contributed by atoms with van der Waals surface area (Å²) >= 11 is 0. The molecule has 0 fully saturated rings. The third kappa shape index (κ3) is 22.4. The molecule has 0 aromatic heterocycles. The molecule has 7 heteroatoms. The molecular formula is C7H15NO6. The molecule has 0 aromatic rings. The summed E-state index contributed by atoms with van der Waals surface area (Å²) < 4.78 is 0. The van der Waals surface area contributed by atoms with Gasteiger partial charge in [-0.15, -0.1) is 0 Å². The van der Waals surface area contributed by atoms with Crippen LogP contribution in [0.25, 0.3) is 0 Å². The van der Waals surface area contributed by atoms with E-state index in [1.54, 1.807) is 0 Å². The van der Waals surface area contributed by atoms with E-state index in [0.29, 0.717) is 13.1 Å². The zero-order chi connectivity index (χ0) is 11.4. The number of hydrogen-bond acceptors (Lipinski definition) is 5. The minimum absolute atomic E-state index is 0.139. The van der Waals surface area contributed by atoms with Crippen LogP contribution in [0.15, 0.2) is 0 Å². The molecule has 7 nitrogen and oxygen atoms in total. The second-order valence-electron chi connectivity index (χ2n) is 2.16. The van der Waals surface area contributed by atoms with Crippen molar-refractivity contribution in [1.82, 2.24) is 5.32 Å². The van der Waals surface area contributed by atoms with Crippen molar-refractivity contribution in [3.63, 3.8) is 0 Å². The van der Waals surface area contributed by atoms with Crippen LogP contribution in [0.5, 0.6) is 0 Å². The van der Waals surface area contributed by atoms with Gasteiger partial charge in [0.05, 0.1) is 13.2 Å². The second-order valence-corrected chi connectivity index (χ2v) is 2.16. The summed E-state index contributed by atoms with van der Waals surface area (Å²) in [5, 5.41) is 34.5. The van der Waals surface area contributed by atoms with E-state index < -0.39 is 18.4 Å². The number of aliphatic hydroxyl groups is 2. The normalized spacial score (nSPS) is 8.71. The molecule has 0 aromatic carbocycles. The number of nitrogens with one attached hydrogen (secondary N) is 1. The van der Waals surface area contributed by atoms with Gasteiger partial charge in [-0.25, -0.2) is 0 Å². The lowest BCUT2D eigenvalue weighted by Crippen LogP contribution is -2.21. The van der Waals surface area contributed by atoms with E-state index in [-0.39, 0.29) is 13.2 Å². The standard InChI is InChI=1S/C4H11NO2.C3H4O4/c6-3-1-5-2-4-7;4-2(5)1-3(6)7/h5-7H,1-4H2;1H2,(H,4,5)(H,6,7). The van der Waals surface area contributed by atoms with Gasteiger partial charge in [0.1, 0.15) is 6.42 Å². The van der Waals surface area contributed by atoms with Gasteiger partial charge in [0.15, 0.2) is 0 Å². The molecule has 0 atom stereocenters. The first-order chi connectivity index (χ1) is 6.54. The van der Waals surface area contributed by atoms with Gasteiger partial charge in [-0.1, -0.05) is 0 Å². The van der Waals surface area contributed by atoms with E-state index in [4.69, 9.17) is 20.4 Å². The molecule has 0 amide bonds. The first-order valence-corrected chi connectivity index (χ1v) is 3.90. The highest BCUT2D eigenvalue weighted by atomic mass is 16.4. The van der Waals surface area contributed by atoms with Crippen LogP contribution in [-0.4, -0.2) is 58.7 Å². The summed E-state index contributed by atoms with van der Waals surface area (Å²) in [5.41, 5.74) is 0. The van der Waals surface area contributed by atoms with Gasteiger partial charge >= 0.3 is 11.9 Å². The lowest BCUT2D eigenvalue weighted by molar-refractivity contribution is -0.147. The summed E-state index contributed by atoms with van der Waals surface area (Å²) in [4.78, 5) is 18.9. The first kappa shape index (κ1) is 15.3. The summed E-state index contributed by atoms with van der Waals surface area (Å²) in [5.74, 6) is -2.62.